The zero-order valence-corrected chi connectivity index (χ0v) is 8.96. The van der Waals surface area contributed by atoms with Gasteiger partial charge in [-0.15, -0.1) is 0 Å². The third-order valence-electron chi connectivity index (χ3n) is 2.03. The lowest BCUT2D eigenvalue weighted by molar-refractivity contribution is -0.384. The topological polar surface area (TPSA) is 89.7 Å². The normalized spacial score (nSPS) is 9.71. The minimum atomic E-state index is -0.724. The first kappa shape index (κ1) is 12.9. The number of nitro benzene ring substituents is 1. The molecule has 0 amide bonds. The Morgan fingerprint density at radius 3 is 2.82 bits per heavy atom. The van der Waals surface area contributed by atoms with Gasteiger partial charge in [-0.1, -0.05) is 12.7 Å². The average Bonchev–Trinajstić information content (AvgIpc) is 2.34. The van der Waals surface area contributed by atoms with Gasteiger partial charge < -0.3 is 9.84 Å². The molecule has 1 aromatic rings. The van der Waals surface area contributed by atoms with E-state index < -0.39 is 17.5 Å². The number of non-ortho nitro benzene ring substituents is 1. The molecule has 0 heterocycles. The van der Waals surface area contributed by atoms with Gasteiger partial charge in [0.25, 0.3) is 5.69 Å². The van der Waals surface area contributed by atoms with E-state index in [1.54, 1.807) is 0 Å². The lowest BCUT2D eigenvalue weighted by Crippen LogP contribution is -2.09. The number of aliphatic hydroxyl groups excluding tert-OH is 1. The molecule has 6 heteroatoms. The molecule has 1 rings (SSSR count). The number of benzene rings is 1. The van der Waals surface area contributed by atoms with Crippen LogP contribution in [0.3, 0.4) is 0 Å². The van der Waals surface area contributed by atoms with Gasteiger partial charge in [0.05, 0.1) is 17.1 Å². The largest absolute Gasteiger partial charge is 0.458 e. The average molecular weight is 237 g/mol. The highest BCUT2D eigenvalue weighted by atomic mass is 16.6. The quantitative estimate of drug-likeness (QED) is 0.362. The summed E-state index contributed by atoms with van der Waals surface area (Å²) in [5.74, 6) is -0.724. The molecule has 0 aliphatic rings. The van der Waals surface area contributed by atoms with E-state index in [1.165, 1.54) is 18.2 Å². The number of carbonyl (C=O) groups excluding carboxylic acids is 1. The second-order valence-electron chi connectivity index (χ2n) is 3.14. The third kappa shape index (κ3) is 3.12. The van der Waals surface area contributed by atoms with Crippen LogP contribution in [0.5, 0.6) is 0 Å². The molecule has 0 fully saturated rings. The summed E-state index contributed by atoms with van der Waals surface area (Å²) in [5, 5.41) is 19.6. The van der Waals surface area contributed by atoms with Gasteiger partial charge in [0.1, 0.15) is 6.61 Å². The van der Waals surface area contributed by atoms with Crippen LogP contribution in [0.1, 0.15) is 15.9 Å². The molecule has 0 unspecified atom stereocenters. The van der Waals surface area contributed by atoms with Crippen molar-refractivity contribution in [3.05, 3.63) is 52.1 Å². The molecule has 1 N–H and O–H groups in total. The van der Waals surface area contributed by atoms with Crippen molar-refractivity contribution in [2.45, 2.75) is 6.61 Å². The summed E-state index contributed by atoms with van der Waals surface area (Å²) >= 11 is 0. The van der Waals surface area contributed by atoms with E-state index in [2.05, 4.69) is 6.58 Å². The van der Waals surface area contributed by atoms with Crippen LogP contribution in [0.4, 0.5) is 5.69 Å². The van der Waals surface area contributed by atoms with E-state index >= 15 is 0 Å². The molecule has 0 aliphatic carbocycles. The Hall–Kier alpha value is -2.21. The third-order valence-corrected chi connectivity index (χ3v) is 2.03. The Bertz CT molecular complexity index is 455. The lowest BCUT2D eigenvalue weighted by atomic mass is 10.1. The van der Waals surface area contributed by atoms with Gasteiger partial charge in [-0.3, -0.25) is 10.1 Å². The predicted molar refractivity (Wildman–Crippen MR) is 59.5 cm³/mol. The van der Waals surface area contributed by atoms with E-state index in [0.717, 1.165) is 6.07 Å². The molecule has 90 valence electrons. The molecule has 0 saturated heterocycles. The molecule has 1 aromatic carbocycles. The van der Waals surface area contributed by atoms with Gasteiger partial charge in [-0.2, -0.15) is 0 Å². The predicted octanol–water partition coefficient (Wildman–Crippen LogP) is 1.43. The molecule has 0 radical (unpaired) electrons. The maximum absolute atomic E-state index is 11.6. The fourth-order valence-electron chi connectivity index (χ4n) is 1.22. The maximum atomic E-state index is 11.6. The molecule has 0 saturated carbocycles. The zero-order chi connectivity index (χ0) is 12.8. The Kier molecular flexibility index (Phi) is 4.36. The summed E-state index contributed by atoms with van der Waals surface area (Å²) in [7, 11) is 0. The first-order chi connectivity index (χ1) is 8.10. The minimum absolute atomic E-state index is 0.00634. The van der Waals surface area contributed by atoms with Crippen molar-refractivity contribution in [2.24, 2.45) is 0 Å². The van der Waals surface area contributed by atoms with Crippen LogP contribution >= 0.6 is 0 Å². The number of carbonyl (C=O) groups is 1. The molecule has 0 bridgehead atoms. The Morgan fingerprint density at radius 2 is 2.29 bits per heavy atom. The van der Waals surface area contributed by atoms with Crippen molar-refractivity contribution in [1.29, 1.82) is 0 Å². The molecule has 17 heavy (non-hydrogen) atoms. The van der Waals surface area contributed by atoms with Crippen LogP contribution in [-0.2, 0) is 11.3 Å². The SMILES string of the molecule is C=CCOC(=O)c1cc([N+](=O)[O-])ccc1CO. The highest BCUT2D eigenvalue weighted by molar-refractivity contribution is 5.91. The summed E-state index contributed by atoms with van der Waals surface area (Å²) in [6.45, 7) is 2.99. The molecule has 0 spiro atoms. The summed E-state index contributed by atoms with van der Waals surface area (Å²) in [6.07, 6.45) is 1.38. The van der Waals surface area contributed by atoms with Crippen LogP contribution in [0.2, 0.25) is 0 Å². The molecule has 0 atom stereocenters. The standard InChI is InChI=1S/C11H11NO5/c1-2-5-17-11(14)10-6-9(12(15)16)4-3-8(10)7-13/h2-4,6,13H,1,5,7H2. The number of nitro groups is 1. The van der Waals surface area contributed by atoms with Gasteiger partial charge in [0, 0.05) is 12.1 Å². The number of esters is 1. The zero-order valence-electron chi connectivity index (χ0n) is 8.96. The number of aliphatic hydroxyl groups is 1. The van der Waals surface area contributed by atoms with E-state index in [1.807, 2.05) is 0 Å². The van der Waals surface area contributed by atoms with E-state index in [4.69, 9.17) is 9.84 Å². The second-order valence-corrected chi connectivity index (χ2v) is 3.14. The fraction of sp³-hybridized carbons (Fsp3) is 0.182. The van der Waals surface area contributed by atoms with Crippen molar-refractivity contribution in [2.75, 3.05) is 6.61 Å². The van der Waals surface area contributed by atoms with Crippen molar-refractivity contribution < 1.29 is 19.6 Å². The second kappa shape index (κ2) is 5.76. The number of hydrogen-bond donors (Lipinski definition) is 1. The Balaban J connectivity index is 3.09. The first-order valence-corrected chi connectivity index (χ1v) is 4.76. The fourth-order valence-corrected chi connectivity index (χ4v) is 1.22. The Morgan fingerprint density at radius 1 is 1.59 bits per heavy atom. The summed E-state index contributed by atoms with van der Waals surface area (Å²) in [5.41, 5.74) is 0.0426. The van der Waals surface area contributed by atoms with Crippen molar-refractivity contribution in [3.63, 3.8) is 0 Å². The van der Waals surface area contributed by atoms with Crippen molar-refractivity contribution in [3.8, 4) is 0 Å². The number of ether oxygens (including phenoxy) is 1. The van der Waals surface area contributed by atoms with E-state index in [0.29, 0.717) is 0 Å². The van der Waals surface area contributed by atoms with Crippen LogP contribution in [0.25, 0.3) is 0 Å². The summed E-state index contributed by atoms with van der Waals surface area (Å²) < 4.78 is 4.76. The van der Waals surface area contributed by atoms with Crippen molar-refractivity contribution >= 4 is 11.7 Å². The van der Waals surface area contributed by atoms with Crippen LogP contribution in [0.15, 0.2) is 30.9 Å². The van der Waals surface area contributed by atoms with Gasteiger partial charge >= 0.3 is 5.97 Å². The highest BCUT2D eigenvalue weighted by Crippen LogP contribution is 2.19. The van der Waals surface area contributed by atoms with Gasteiger partial charge in [0.15, 0.2) is 0 Å². The monoisotopic (exact) mass is 237 g/mol. The van der Waals surface area contributed by atoms with E-state index in [-0.39, 0.29) is 23.4 Å². The molecule has 0 aromatic heterocycles. The smallest absolute Gasteiger partial charge is 0.339 e. The number of rotatable bonds is 5. The van der Waals surface area contributed by atoms with Crippen LogP contribution in [0, 0.1) is 10.1 Å². The summed E-state index contributed by atoms with van der Waals surface area (Å²) in [6, 6.07) is 3.62. The molecular formula is C11H11NO5. The van der Waals surface area contributed by atoms with E-state index in [9.17, 15) is 14.9 Å². The van der Waals surface area contributed by atoms with Crippen LogP contribution < -0.4 is 0 Å². The van der Waals surface area contributed by atoms with Gasteiger partial charge in [-0.25, -0.2) is 4.79 Å². The highest BCUT2D eigenvalue weighted by Gasteiger charge is 2.17. The van der Waals surface area contributed by atoms with Crippen LogP contribution in [-0.4, -0.2) is 22.6 Å². The number of nitrogens with zero attached hydrogens (tertiary/aromatic N) is 1. The maximum Gasteiger partial charge on any atom is 0.339 e. The summed E-state index contributed by atoms with van der Waals surface area (Å²) in [4.78, 5) is 21.5. The first-order valence-electron chi connectivity index (χ1n) is 4.76. The lowest BCUT2D eigenvalue weighted by Gasteiger charge is -2.06. The van der Waals surface area contributed by atoms with Crippen molar-refractivity contribution in [1.82, 2.24) is 0 Å². The molecule has 0 aliphatic heterocycles. The Labute approximate surface area is 97.3 Å². The molecular weight excluding hydrogens is 226 g/mol. The number of hydrogen-bond acceptors (Lipinski definition) is 5. The van der Waals surface area contributed by atoms with Gasteiger partial charge in [0.2, 0.25) is 0 Å². The van der Waals surface area contributed by atoms with Gasteiger partial charge in [-0.05, 0) is 11.6 Å². The molecule has 6 nitrogen and oxygen atoms in total. The minimum Gasteiger partial charge on any atom is -0.458 e.